The van der Waals surface area contributed by atoms with Crippen LogP contribution in [0.4, 0.5) is 0 Å². The van der Waals surface area contributed by atoms with Crippen LogP contribution in [-0.4, -0.2) is 11.1 Å². The third kappa shape index (κ3) is 2.11. The van der Waals surface area contributed by atoms with Gasteiger partial charge < -0.3 is 5.11 Å². The molecule has 0 amide bonds. The molecule has 0 fully saturated rings. The van der Waals surface area contributed by atoms with Crippen LogP contribution in [0.25, 0.3) is 0 Å². The summed E-state index contributed by atoms with van der Waals surface area (Å²) in [4.78, 5) is 10.8. The first kappa shape index (κ1) is 10.7. The van der Waals surface area contributed by atoms with Crippen molar-refractivity contribution in [3.8, 4) is 0 Å². The zero-order chi connectivity index (χ0) is 10.0. The molecule has 0 aromatic heterocycles. The van der Waals surface area contributed by atoms with E-state index in [0.717, 1.165) is 15.6 Å². The van der Waals surface area contributed by atoms with Gasteiger partial charge in [-0.1, -0.05) is 37.9 Å². The molecule has 1 aromatic rings. The van der Waals surface area contributed by atoms with E-state index in [0.29, 0.717) is 10.9 Å². The summed E-state index contributed by atoms with van der Waals surface area (Å²) in [5, 5.41) is 9.41. The molecule has 13 heavy (non-hydrogen) atoms. The molecule has 0 aliphatic carbocycles. The van der Waals surface area contributed by atoms with E-state index in [4.69, 9.17) is 5.11 Å². The van der Waals surface area contributed by atoms with Crippen molar-refractivity contribution in [2.24, 2.45) is 0 Å². The molecule has 0 saturated carbocycles. The van der Waals surface area contributed by atoms with Gasteiger partial charge in [-0.15, -0.1) is 0 Å². The van der Waals surface area contributed by atoms with E-state index in [-0.39, 0.29) is 0 Å². The molecule has 0 aliphatic heterocycles. The third-order valence-corrected chi connectivity index (χ3v) is 3.47. The Hall–Kier alpha value is -0.350. The van der Waals surface area contributed by atoms with Crippen molar-refractivity contribution in [2.75, 3.05) is 0 Å². The maximum absolute atomic E-state index is 10.8. The largest absolute Gasteiger partial charge is 0.478 e. The lowest BCUT2D eigenvalue weighted by Crippen LogP contribution is -2.02. The van der Waals surface area contributed by atoms with Gasteiger partial charge in [0.25, 0.3) is 0 Å². The lowest BCUT2D eigenvalue weighted by Gasteiger charge is -2.07. The maximum Gasteiger partial charge on any atom is 0.336 e. The molecule has 0 spiro atoms. The number of carbonyl (C=O) groups is 1. The van der Waals surface area contributed by atoms with E-state index in [1.54, 1.807) is 12.1 Å². The minimum atomic E-state index is -0.893. The molecule has 1 rings (SSSR count). The summed E-state index contributed by atoms with van der Waals surface area (Å²) in [6.45, 7) is 1.93. The molecular weight excluding hydrogens is 300 g/mol. The summed E-state index contributed by atoms with van der Waals surface area (Å²) < 4.78 is 0.865. The topological polar surface area (TPSA) is 37.3 Å². The molecule has 1 aromatic carbocycles. The van der Waals surface area contributed by atoms with E-state index in [2.05, 4.69) is 31.9 Å². The Morgan fingerprint density at radius 3 is 2.62 bits per heavy atom. The summed E-state index contributed by atoms with van der Waals surface area (Å²) in [7, 11) is 0. The smallest absolute Gasteiger partial charge is 0.336 e. The van der Waals surface area contributed by atoms with Crippen LogP contribution in [0.2, 0.25) is 0 Å². The highest BCUT2D eigenvalue weighted by molar-refractivity contribution is 9.10. The molecule has 70 valence electrons. The highest BCUT2D eigenvalue weighted by Crippen LogP contribution is 2.26. The quantitative estimate of drug-likeness (QED) is 0.851. The predicted octanol–water partition coefficient (Wildman–Crippen LogP) is 3.35. The number of alkyl halides is 1. The standard InChI is InChI=1S/C9H8Br2O2/c1-5-2-3-6(9(12)13)7(4-10)8(5)11/h2-3H,4H2,1H3,(H,12,13). The molecule has 0 atom stereocenters. The number of benzene rings is 1. The number of aryl methyl sites for hydroxylation is 1. The van der Waals surface area contributed by atoms with Crippen molar-refractivity contribution in [3.63, 3.8) is 0 Å². The van der Waals surface area contributed by atoms with Gasteiger partial charge in [0.05, 0.1) is 5.56 Å². The fourth-order valence-electron chi connectivity index (χ4n) is 1.07. The van der Waals surface area contributed by atoms with Crippen LogP contribution in [0.1, 0.15) is 21.5 Å². The first-order valence-electron chi connectivity index (χ1n) is 3.65. The average Bonchev–Trinajstić information content (AvgIpc) is 2.09. The predicted molar refractivity (Wildman–Crippen MR) is 58.5 cm³/mol. The van der Waals surface area contributed by atoms with Crippen molar-refractivity contribution in [1.82, 2.24) is 0 Å². The summed E-state index contributed by atoms with van der Waals surface area (Å²) >= 11 is 6.63. The van der Waals surface area contributed by atoms with Crippen molar-refractivity contribution >= 4 is 37.8 Å². The molecule has 0 radical (unpaired) electrons. The number of halogens is 2. The first-order valence-corrected chi connectivity index (χ1v) is 5.56. The molecule has 4 heteroatoms. The Morgan fingerprint density at radius 1 is 1.54 bits per heavy atom. The fraction of sp³-hybridized carbons (Fsp3) is 0.222. The normalized spacial score (nSPS) is 10.1. The number of hydrogen-bond donors (Lipinski definition) is 1. The van der Waals surface area contributed by atoms with E-state index in [9.17, 15) is 4.79 Å². The van der Waals surface area contributed by atoms with Gasteiger partial charge in [0, 0.05) is 9.80 Å². The van der Waals surface area contributed by atoms with Crippen LogP contribution in [0.3, 0.4) is 0 Å². The van der Waals surface area contributed by atoms with Gasteiger partial charge in [-0.2, -0.15) is 0 Å². The highest BCUT2D eigenvalue weighted by atomic mass is 79.9. The van der Waals surface area contributed by atoms with Crippen LogP contribution in [0, 0.1) is 6.92 Å². The monoisotopic (exact) mass is 306 g/mol. The third-order valence-electron chi connectivity index (χ3n) is 1.80. The lowest BCUT2D eigenvalue weighted by atomic mass is 10.1. The molecule has 0 heterocycles. The van der Waals surface area contributed by atoms with Gasteiger partial charge >= 0.3 is 5.97 Å². The summed E-state index contributed by atoms with van der Waals surface area (Å²) in [6, 6.07) is 3.42. The van der Waals surface area contributed by atoms with Gasteiger partial charge in [0.15, 0.2) is 0 Å². The second-order valence-electron chi connectivity index (χ2n) is 2.66. The van der Waals surface area contributed by atoms with Gasteiger partial charge in [0.2, 0.25) is 0 Å². The average molecular weight is 308 g/mol. The number of rotatable bonds is 2. The van der Waals surface area contributed by atoms with Gasteiger partial charge in [-0.25, -0.2) is 4.79 Å². The second-order valence-corrected chi connectivity index (χ2v) is 4.02. The highest BCUT2D eigenvalue weighted by Gasteiger charge is 2.12. The summed E-state index contributed by atoms with van der Waals surface area (Å²) in [5.74, 6) is -0.893. The molecule has 0 unspecified atom stereocenters. The number of carboxylic acids is 1. The minimum Gasteiger partial charge on any atom is -0.478 e. The number of hydrogen-bond acceptors (Lipinski definition) is 1. The van der Waals surface area contributed by atoms with Crippen LogP contribution in [0.5, 0.6) is 0 Å². The van der Waals surface area contributed by atoms with E-state index in [1.165, 1.54) is 0 Å². The van der Waals surface area contributed by atoms with Crippen LogP contribution in [-0.2, 0) is 5.33 Å². The molecule has 0 bridgehead atoms. The number of carboxylic acid groups (broad SMARTS) is 1. The Labute approximate surface area is 93.2 Å². The summed E-state index contributed by atoms with van der Waals surface area (Å²) in [6.07, 6.45) is 0. The van der Waals surface area contributed by atoms with Gasteiger partial charge in [0.1, 0.15) is 0 Å². The van der Waals surface area contributed by atoms with Crippen LogP contribution >= 0.6 is 31.9 Å². The first-order chi connectivity index (χ1) is 6.07. The second kappa shape index (κ2) is 4.24. The van der Waals surface area contributed by atoms with Crippen LogP contribution < -0.4 is 0 Å². The van der Waals surface area contributed by atoms with Crippen molar-refractivity contribution in [2.45, 2.75) is 12.3 Å². The molecule has 1 N–H and O–H groups in total. The maximum atomic E-state index is 10.8. The SMILES string of the molecule is Cc1ccc(C(=O)O)c(CBr)c1Br. The van der Waals surface area contributed by atoms with Gasteiger partial charge in [-0.3, -0.25) is 0 Å². The minimum absolute atomic E-state index is 0.342. The van der Waals surface area contributed by atoms with Crippen molar-refractivity contribution in [3.05, 3.63) is 33.3 Å². The molecule has 0 saturated heterocycles. The van der Waals surface area contributed by atoms with Crippen molar-refractivity contribution in [1.29, 1.82) is 0 Å². The lowest BCUT2D eigenvalue weighted by molar-refractivity contribution is 0.0696. The number of aromatic carboxylic acids is 1. The fourth-order valence-corrected chi connectivity index (χ4v) is 2.51. The molecule has 0 aliphatic rings. The van der Waals surface area contributed by atoms with E-state index < -0.39 is 5.97 Å². The zero-order valence-electron chi connectivity index (χ0n) is 6.97. The Morgan fingerprint density at radius 2 is 2.15 bits per heavy atom. The van der Waals surface area contributed by atoms with E-state index in [1.807, 2.05) is 6.92 Å². The van der Waals surface area contributed by atoms with Crippen LogP contribution in [0.15, 0.2) is 16.6 Å². The van der Waals surface area contributed by atoms with E-state index >= 15 is 0 Å². The summed E-state index contributed by atoms with van der Waals surface area (Å²) in [5.41, 5.74) is 2.17. The zero-order valence-corrected chi connectivity index (χ0v) is 10.1. The molecular formula is C9H8Br2O2. The Kier molecular flexibility index (Phi) is 3.50. The Bertz CT molecular complexity index is 348. The Balaban J connectivity index is 3.38. The van der Waals surface area contributed by atoms with Crippen molar-refractivity contribution < 1.29 is 9.90 Å². The van der Waals surface area contributed by atoms with Gasteiger partial charge in [-0.05, 0) is 24.1 Å². The molecule has 2 nitrogen and oxygen atoms in total.